The van der Waals surface area contributed by atoms with E-state index in [-0.39, 0.29) is 5.91 Å². The number of hydrogen-bond donors (Lipinski definition) is 1. The van der Waals surface area contributed by atoms with Crippen molar-refractivity contribution in [2.45, 2.75) is 25.5 Å². The highest BCUT2D eigenvalue weighted by Gasteiger charge is 2.10. The van der Waals surface area contributed by atoms with Gasteiger partial charge in [0, 0.05) is 12.2 Å². The van der Waals surface area contributed by atoms with E-state index < -0.39 is 0 Å². The van der Waals surface area contributed by atoms with Crippen LogP contribution >= 0.6 is 11.8 Å². The zero-order chi connectivity index (χ0) is 14.4. The van der Waals surface area contributed by atoms with Gasteiger partial charge < -0.3 is 5.32 Å². The minimum Gasteiger partial charge on any atom is -0.347 e. The van der Waals surface area contributed by atoms with Crippen molar-refractivity contribution in [3.63, 3.8) is 0 Å². The molecule has 0 aliphatic rings. The average Bonchev–Trinajstić information content (AvgIpc) is 2.45. The summed E-state index contributed by atoms with van der Waals surface area (Å²) < 4.78 is 0. The molecule has 0 unspecified atom stereocenters. The largest absolute Gasteiger partial charge is 0.347 e. The van der Waals surface area contributed by atoms with Crippen molar-refractivity contribution in [1.82, 2.24) is 15.3 Å². The van der Waals surface area contributed by atoms with E-state index in [4.69, 9.17) is 0 Å². The van der Waals surface area contributed by atoms with Crippen LogP contribution in [0.15, 0.2) is 41.6 Å². The Bertz CT molecular complexity index is 587. The molecular weight excluding hydrogens is 270 g/mol. The topological polar surface area (TPSA) is 54.9 Å². The summed E-state index contributed by atoms with van der Waals surface area (Å²) in [6, 6.07) is 11.5. The van der Waals surface area contributed by atoms with Gasteiger partial charge in [0.05, 0.1) is 0 Å². The number of carbonyl (C=O) groups is 1. The van der Waals surface area contributed by atoms with Crippen LogP contribution in [0.25, 0.3) is 0 Å². The Balaban J connectivity index is 2.05. The van der Waals surface area contributed by atoms with Crippen molar-refractivity contribution in [3.8, 4) is 0 Å². The molecule has 1 N–H and O–H groups in total. The number of rotatable bonds is 5. The summed E-state index contributed by atoms with van der Waals surface area (Å²) in [7, 11) is 0. The van der Waals surface area contributed by atoms with E-state index in [9.17, 15) is 4.79 Å². The van der Waals surface area contributed by atoms with Gasteiger partial charge in [-0.15, -0.1) is 0 Å². The normalized spacial score (nSPS) is 10.3. The number of nitrogens with zero attached hydrogens (tertiary/aromatic N) is 2. The number of aryl methyl sites for hydroxylation is 1. The molecule has 0 aliphatic carbocycles. The van der Waals surface area contributed by atoms with E-state index in [1.165, 1.54) is 11.8 Å². The summed E-state index contributed by atoms with van der Waals surface area (Å²) in [6.07, 6.45) is 0. The number of amides is 1. The van der Waals surface area contributed by atoms with Crippen LogP contribution in [0.2, 0.25) is 0 Å². The van der Waals surface area contributed by atoms with E-state index in [1.54, 1.807) is 6.07 Å². The number of benzene rings is 1. The summed E-state index contributed by atoms with van der Waals surface area (Å²) in [4.78, 5) is 20.7. The minimum atomic E-state index is -0.169. The van der Waals surface area contributed by atoms with Gasteiger partial charge in [-0.25, -0.2) is 9.97 Å². The molecule has 1 amide bonds. The Morgan fingerprint density at radius 2 is 2.00 bits per heavy atom. The van der Waals surface area contributed by atoms with Gasteiger partial charge >= 0.3 is 0 Å². The first kappa shape index (κ1) is 14.5. The molecule has 1 heterocycles. The maximum atomic E-state index is 12.1. The standard InChI is InChI=1S/C15H17N3OS/c1-3-20-15-17-11(2)9-13(18-15)14(19)16-10-12-7-5-4-6-8-12/h4-9H,3,10H2,1-2H3,(H,16,19). The third-order valence-corrected chi connectivity index (χ3v) is 3.37. The molecule has 0 fully saturated rings. The second kappa shape index (κ2) is 7.05. The monoisotopic (exact) mass is 287 g/mol. The maximum Gasteiger partial charge on any atom is 0.270 e. The SMILES string of the molecule is CCSc1nc(C)cc(C(=O)NCc2ccccc2)n1. The second-order valence-electron chi connectivity index (χ2n) is 4.28. The zero-order valence-corrected chi connectivity index (χ0v) is 12.4. The van der Waals surface area contributed by atoms with Gasteiger partial charge in [-0.1, -0.05) is 49.0 Å². The van der Waals surface area contributed by atoms with Crippen molar-refractivity contribution in [3.05, 3.63) is 53.3 Å². The van der Waals surface area contributed by atoms with Gasteiger partial charge in [-0.2, -0.15) is 0 Å². The predicted octanol–water partition coefficient (Wildman–Crippen LogP) is 2.83. The van der Waals surface area contributed by atoms with E-state index >= 15 is 0 Å². The summed E-state index contributed by atoms with van der Waals surface area (Å²) in [6.45, 7) is 4.40. The van der Waals surface area contributed by atoms with Gasteiger partial charge in [0.25, 0.3) is 5.91 Å². The van der Waals surface area contributed by atoms with E-state index in [1.807, 2.05) is 44.2 Å². The lowest BCUT2D eigenvalue weighted by molar-refractivity contribution is 0.0945. The third-order valence-electron chi connectivity index (χ3n) is 2.64. The number of thioether (sulfide) groups is 1. The molecule has 4 nitrogen and oxygen atoms in total. The smallest absolute Gasteiger partial charge is 0.270 e. The highest BCUT2D eigenvalue weighted by atomic mass is 32.2. The molecule has 0 radical (unpaired) electrons. The van der Waals surface area contributed by atoms with Crippen LogP contribution in [0, 0.1) is 6.92 Å². The van der Waals surface area contributed by atoms with Crippen LogP contribution < -0.4 is 5.32 Å². The number of hydrogen-bond acceptors (Lipinski definition) is 4. The molecule has 0 bridgehead atoms. The zero-order valence-electron chi connectivity index (χ0n) is 11.6. The van der Waals surface area contributed by atoms with Crippen molar-refractivity contribution in [1.29, 1.82) is 0 Å². The van der Waals surface area contributed by atoms with Gasteiger partial charge in [0.15, 0.2) is 5.16 Å². The number of aromatic nitrogens is 2. The molecular formula is C15H17N3OS. The Kier molecular flexibility index (Phi) is 5.12. The fourth-order valence-electron chi connectivity index (χ4n) is 1.72. The van der Waals surface area contributed by atoms with Crippen LogP contribution in [-0.2, 0) is 6.54 Å². The summed E-state index contributed by atoms with van der Waals surface area (Å²) >= 11 is 1.53. The summed E-state index contributed by atoms with van der Waals surface area (Å²) in [5.74, 6) is 0.714. The molecule has 5 heteroatoms. The molecule has 1 aromatic carbocycles. The Labute approximate surface area is 123 Å². The molecule has 2 aromatic rings. The van der Waals surface area contributed by atoms with Crippen LogP contribution in [0.4, 0.5) is 0 Å². The fourth-order valence-corrected chi connectivity index (χ4v) is 2.35. The Morgan fingerprint density at radius 1 is 1.25 bits per heavy atom. The highest BCUT2D eigenvalue weighted by Crippen LogP contribution is 2.13. The quantitative estimate of drug-likeness (QED) is 0.678. The lowest BCUT2D eigenvalue weighted by Crippen LogP contribution is -2.24. The van der Waals surface area contributed by atoms with Crippen LogP contribution in [0.1, 0.15) is 28.7 Å². The Morgan fingerprint density at radius 3 is 2.70 bits per heavy atom. The number of nitrogens with one attached hydrogen (secondary N) is 1. The van der Waals surface area contributed by atoms with E-state index in [2.05, 4.69) is 15.3 Å². The summed E-state index contributed by atoms with van der Waals surface area (Å²) in [5, 5.41) is 3.52. The first-order chi connectivity index (χ1) is 9.69. The molecule has 0 saturated heterocycles. The molecule has 0 aliphatic heterocycles. The van der Waals surface area contributed by atoms with E-state index in [0.717, 1.165) is 17.0 Å². The summed E-state index contributed by atoms with van der Waals surface area (Å²) in [5.41, 5.74) is 2.29. The van der Waals surface area contributed by atoms with Crippen LogP contribution in [0.3, 0.4) is 0 Å². The minimum absolute atomic E-state index is 0.169. The van der Waals surface area contributed by atoms with E-state index in [0.29, 0.717) is 17.4 Å². The highest BCUT2D eigenvalue weighted by molar-refractivity contribution is 7.99. The lowest BCUT2D eigenvalue weighted by atomic mass is 10.2. The first-order valence-electron chi connectivity index (χ1n) is 6.49. The predicted molar refractivity (Wildman–Crippen MR) is 80.8 cm³/mol. The van der Waals surface area contributed by atoms with Crippen molar-refractivity contribution < 1.29 is 4.79 Å². The first-order valence-corrected chi connectivity index (χ1v) is 7.48. The molecule has 2 rings (SSSR count). The lowest BCUT2D eigenvalue weighted by Gasteiger charge is -2.07. The van der Waals surface area contributed by atoms with Crippen LogP contribution in [0.5, 0.6) is 0 Å². The van der Waals surface area contributed by atoms with Crippen molar-refractivity contribution >= 4 is 17.7 Å². The van der Waals surface area contributed by atoms with Gasteiger partial charge in [-0.05, 0) is 24.3 Å². The third kappa shape index (κ3) is 4.06. The Hall–Kier alpha value is -1.88. The second-order valence-corrected chi connectivity index (χ2v) is 5.51. The van der Waals surface area contributed by atoms with Gasteiger partial charge in [-0.3, -0.25) is 4.79 Å². The molecule has 1 aromatic heterocycles. The van der Waals surface area contributed by atoms with Gasteiger partial charge in [0.2, 0.25) is 0 Å². The molecule has 0 atom stereocenters. The molecule has 20 heavy (non-hydrogen) atoms. The maximum absolute atomic E-state index is 12.1. The van der Waals surface area contributed by atoms with Crippen molar-refractivity contribution in [2.75, 3.05) is 5.75 Å². The fraction of sp³-hybridized carbons (Fsp3) is 0.267. The average molecular weight is 287 g/mol. The molecule has 0 spiro atoms. The number of carbonyl (C=O) groups excluding carboxylic acids is 1. The van der Waals surface area contributed by atoms with Crippen LogP contribution in [-0.4, -0.2) is 21.6 Å². The molecule has 0 saturated carbocycles. The van der Waals surface area contributed by atoms with Gasteiger partial charge in [0.1, 0.15) is 5.69 Å². The molecule has 104 valence electrons. The van der Waals surface area contributed by atoms with Crippen molar-refractivity contribution in [2.24, 2.45) is 0 Å².